The maximum atomic E-state index is 8.98. The first kappa shape index (κ1) is 13.8. The van der Waals surface area contributed by atoms with Crippen molar-refractivity contribution in [3.63, 3.8) is 0 Å². The second kappa shape index (κ2) is 5.99. The van der Waals surface area contributed by atoms with E-state index in [0.717, 1.165) is 36.0 Å². The number of nitrogens with two attached hydrogens (primary N) is 1. The van der Waals surface area contributed by atoms with E-state index in [-0.39, 0.29) is 6.61 Å². The van der Waals surface area contributed by atoms with Crippen LogP contribution >= 0.6 is 28.1 Å². The molecule has 1 atom stereocenters. The van der Waals surface area contributed by atoms with Crippen molar-refractivity contribution in [2.45, 2.75) is 12.8 Å². The van der Waals surface area contributed by atoms with Crippen LogP contribution in [0.3, 0.4) is 0 Å². The molecule has 0 saturated carbocycles. The summed E-state index contributed by atoms with van der Waals surface area (Å²) in [5, 5.41) is 8.98. The highest BCUT2D eigenvalue weighted by atomic mass is 79.9. The molecule has 3 N–H and O–H groups in total. The van der Waals surface area contributed by atoms with E-state index in [9.17, 15) is 0 Å². The molecule has 1 aliphatic heterocycles. The Morgan fingerprint density at radius 1 is 1.56 bits per heavy atom. The Hall–Kier alpha value is -0.650. The van der Waals surface area contributed by atoms with Crippen LogP contribution in [0.15, 0.2) is 22.7 Å². The van der Waals surface area contributed by atoms with Gasteiger partial charge in [-0.25, -0.2) is 0 Å². The molecule has 1 aromatic rings. The Morgan fingerprint density at radius 2 is 2.33 bits per heavy atom. The van der Waals surface area contributed by atoms with Crippen molar-refractivity contribution in [1.29, 1.82) is 0 Å². The molecule has 5 heteroatoms. The molecular weight excluding hydrogens is 312 g/mol. The molecule has 0 spiro atoms. The molecule has 2 rings (SSSR count). The largest absolute Gasteiger partial charge is 0.396 e. The molecule has 0 bridgehead atoms. The molecule has 1 aromatic carbocycles. The van der Waals surface area contributed by atoms with Crippen LogP contribution in [-0.2, 0) is 0 Å². The molecule has 1 aliphatic rings. The van der Waals surface area contributed by atoms with Gasteiger partial charge >= 0.3 is 0 Å². The van der Waals surface area contributed by atoms with E-state index >= 15 is 0 Å². The standard InChI is InChI=1S/C13H17BrN2OS/c14-11-7-10(13(15)18)1-2-12(11)16-5-3-9(8-16)4-6-17/h1-2,7,9,17H,3-6,8H2,(H2,15,18). The summed E-state index contributed by atoms with van der Waals surface area (Å²) >= 11 is 8.55. The Kier molecular flexibility index (Phi) is 4.59. The molecule has 98 valence electrons. The number of aliphatic hydroxyl groups excluding tert-OH is 1. The number of hydrogen-bond donors (Lipinski definition) is 2. The highest BCUT2D eigenvalue weighted by molar-refractivity contribution is 9.10. The van der Waals surface area contributed by atoms with E-state index < -0.39 is 0 Å². The van der Waals surface area contributed by atoms with Gasteiger partial charge in [0.1, 0.15) is 4.99 Å². The minimum absolute atomic E-state index is 0.278. The molecule has 0 aromatic heterocycles. The lowest BCUT2D eigenvalue weighted by atomic mass is 10.1. The van der Waals surface area contributed by atoms with Crippen LogP contribution < -0.4 is 10.6 Å². The van der Waals surface area contributed by atoms with Crippen LogP contribution in [0.5, 0.6) is 0 Å². The summed E-state index contributed by atoms with van der Waals surface area (Å²) < 4.78 is 1.03. The quantitative estimate of drug-likeness (QED) is 0.832. The lowest BCUT2D eigenvalue weighted by Crippen LogP contribution is -2.20. The second-order valence-electron chi connectivity index (χ2n) is 4.64. The number of thiocarbonyl (C=S) groups is 1. The summed E-state index contributed by atoms with van der Waals surface area (Å²) in [6, 6.07) is 5.98. The van der Waals surface area contributed by atoms with E-state index in [1.54, 1.807) is 0 Å². The fourth-order valence-corrected chi connectivity index (χ4v) is 3.14. The molecule has 0 radical (unpaired) electrons. The summed E-state index contributed by atoms with van der Waals surface area (Å²) in [7, 11) is 0. The van der Waals surface area contributed by atoms with Gasteiger partial charge in [-0.1, -0.05) is 12.2 Å². The smallest absolute Gasteiger partial charge is 0.104 e. The van der Waals surface area contributed by atoms with Crippen molar-refractivity contribution in [1.82, 2.24) is 0 Å². The third-order valence-electron chi connectivity index (χ3n) is 3.40. The van der Waals surface area contributed by atoms with Crippen molar-refractivity contribution in [2.75, 3.05) is 24.6 Å². The number of nitrogens with zero attached hydrogens (tertiary/aromatic N) is 1. The molecule has 1 fully saturated rings. The molecule has 18 heavy (non-hydrogen) atoms. The zero-order chi connectivity index (χ0) is 13.1. The van der Waals surface area contributed by atoms with Gasteiger partial charge in [0.2, 0.25) is 0 Å². The normalized spacial score (nSPS) is 19.2. The van der Waals surface area contributed by atoms with E-state index in [1.807, 2.05) is 12.1 Å². The molecule has 1 saturated heterocycles. The lowest BCUT2D eigenvalue weighted by molar-refractivity contribution is 0.263. The van der Waals surface area contributed by atoms with Gasteiger partial charge in [-0.05, 0) is 52.9 Å². The van der Waals surface area contributed by atoms with Crippen LogP contribution in [-0.4, -0.2) is 29.8 Å². The number of aliphatic hydroxyl groups is 1. The van der Waals surface area contributed by atoms with Gasteiger partial charge in [0.25, 0.3) is 0 Å². The zero-order valence-electron chi connectivity index (χ0n) is 10.1. The van der Waals surface area contributed by atoms with Gasteiger partial charge in [0, 0.05) is 29.7 Å². The van der Waals surface area contributed by atoms with Crippen molar-refractivity contribution >= 4 is 38.8 Å². The van der Waals surface area contributed by atoms with Gasteiger partial charge in [0.05, 0.1) is 5.69 Å². The topological polar surface area (TPSA) is 49.5 Å². The summed E-state index contributed by atoms with van der Waals surface area (Å²) in [5.41, 5.74) is 7.67. The number of halogens is 1. The fourth-order valence-electron chi connectivity index (χ4n) is 2.39. The number of hydrogen-bond acceptors (Lipinski definition) is 3. The molecule has 1 heterocycles. The van der Waals surface area contributed by atoms with Gasteiger partial charge in [-0.15, -0.1) is 0 Å². The van der Waals surface area contributed by atoms with Crippen molar-refractivity contribution in [3.8, 4) is 0 Å². The maximum Gasteiger partial charge on any atom is 0.104 e. The van der Waals surface area contributed by atoms with Crippen LogP contribution in [0.1, 0.15) is 18.4 Å². The average Bonchev–Trinajstić information content (AvgIpc) is 2.77. The minimum atomic E-state index is 0.278. The first-order valence-electron chi connectivity index (χ1n) is 6.07. The summed E-state index contributed by atoms with van der Waals surface area (Å²) in [4.78, 5) is 2.76. The fraction of sp³-hybridized carbons (Fsp3) is 0.462. The molecule has 0 amide bonds. The predicted molar refractivity (Wildman–Crippen MR) is 82.1 cm³/mol. The average molecular weight is 329 g/mol. The molecular formula is C13H17BrN2OS. The summed E-state index contributed by atoms with van der Waals surface area (Å²) in [5.74, 6) is 0.595. The highest BCUT2D eigenvalue weighted by Crippen LogP contribution is 2.32. The third-order valence-corrected chi connectivity index (χ3v) is 4.27. The van der Waals surface area contributed by atoms with Crippen molar-refractivity contribution < 1.29 is 5.11 Å². The van der Waals surface area contributed by atoms with E-state index in [1.165, 1.54) is 5.69 Å². The van der Waals surface area contributed by atoms with Crippen LogP contribution in [0, 0.1) is 5.92 Å². The van der Waals surface area contributed by atoms with Crippen molar-refractivity contribution in [2.24, 2.45) is 11.7 Å². The maximum absolute atomic E-state index is 8.98. The summed E-state index contributed by atoms with van der Waals surface area (Å²) in [6.07, 6.45) is 2.03. The van der Waals surface area contributed by atoms with E-state index in [0.29, 0.717) is 10.9 Å². The van der Waals surface area contributed by atoms with E-state index in [2.05, 4.69) is 26.9 Å². The Morgan fingerprint density at radius 3 is 2.94 bits per heavy atom. The van der Waals surface area contributed by atoms with Gasteiger partial charge < -0.3 is 15.7 Å². The third kappa shape index (κ3) is 3.02. The highest BCUT2D eigenvalue weighted by Gasteiger charge is 2.23. The Labute approximate surface area is 121 Å². The van der Waals surface area contributed by atoms with Crippen LogP contribution in [0.25, 0.3) is 0 Å². The Bertz CT molecular complexity index is 453. The lowest BCUT2D eigenvalue weighted by Gasteiger charge is -2.20. The number of benzene rings is 1. The monoisotopic (exact) mass is 328 g/mol. The molecule has 3 nitrogen and oxygen atoms in total. The van der Waals surface area contributed by atoms with Crippen LogP contribution in [0.2, 0.25) is 0 Å². The molecule has 0 aliphatic carbocycles. The first-order valence-corrected chi connectivity index (χ1v) is 7.27. The van der Waals surface area contributed by atoms with Gasteiger partial charge in [-0.2, -0.15) is 0 Å². The number of rotatable bonds is 4. The van der Waals surface area contributed by atoms with Gasteiger partial charge in [-0.3, -0.25) is 0 Å². The molecule has 1 unspecified atom stereocenters. The van der Waals surface area contributed by atoms with Crippen LogP contribution in [0.4, 0.5) is 5.69 Å². The predicted octanol–water partition coefficient (Wildman–Crippen LogP) is 2.29. The van der Waals surface area contributed by atoms with Crippen molar-refractivity contribution in [3.05, 3.63) is 28.2 Å². The Balaban J connectivity index is 2.12. The van der Waals surface area contributed by atoms with E-state index in [4.69, 9.17) is 23.1 Å². The SMILES string of the molecule is NC(=S)c1ccc(N2CCC(CCO)C2)c(Br)c1. The minimum Gasteiger partial charge on any atom is -0.396 e. The summed E-state index contributed by atoms with van der Waals surface area (Å²) in [6.45, 7) is 2.32. The number of anilines is 1. The van der Waals surface area contributed by atoms with Gasteiger partial charge in [0.15, 0.2) is 0 Å². The first-order chi connectivity index (χ1) is 8.61. The second-order valence-corrected chi connectivity index (χ2v) is 5.94. The zero-order valence-corrected chi connectivity index (χ0v) is 12.5.